The molecule has 7 heteroatoms. The zero-order chi connectivity index (χ0) is 19.0. The summed E-state index contributed by atoms with van der Waals surface area (Å²) in [4.78, 5) is 28.4. The van der Waals surface area contributed by atoms with E-state index >= 15 is 0 Å². The highest BCUT2D eigenvalue weighted by molar-refractivity contribution is 5.98. The summed E-state index contributed by atoms with van der Waals surface area (Å²) in [5, 5.41) is 10.5. The molecule has 7 nitrogen and oxygen atoms in total. The van der Waals surface area contributed by atoms with Crippen LogP contribution >= 0.6 is 0 Å². The van der Waals surface area contributed by atoms with Crippen molar-refractivity contribution in [2.24, 2.45) is 0 Å². The van der Waals surface area contributed by atoms with Crippen LogP contribution in [0.5, 0.6) is 0 Å². The molecule has 140 valence electrons. The number of morpholine rings is 1. The lowest BCUT2D eigenvalue weighted by Gasteiger charge is -2.31. The van der Waals surface area contributed by atoms with Gasteiger partial charge in [-0.15, -0.1) is 0 Å². The minimum atomic E-state index is -0.880. The average Bonchev–Trinajstić information content (AvgIpc) is 2.60. The summed E-state index contributed by atoms with van der Waals surface area (Å²) < 4.78 is 11.5. The number of benzene rings is 1. The fourth-order valence-electron chi connectivity index (χ4n) is 3.14. The van der Waals surface area contributed by atoms with Gasteiger partial charge in [0.1, 0.15) is 5.58 Å². The molecule has 2 heterocycles. The van der Waals surface area contributed by atoms with Crippen LogP contribution in [0, 0.1) is 0 Å². The van der Waals surface area contributed by atoms with E-state index in [1.807, 2.05) is 11.8 Å². The van der Waals surface area contributed by atoms with Crippen LogP contribution in [0.4, 0.5) is 5.88 Å². The molecular weight excluding hydrogens is 336 g/mol. The number of fused-ring (bicyclic) bond motifs is 1. The summed E-state index contributed by atoms with van der Waals surface area (Å²) in [6.07, 6.45) is -0.838. The molecule has 1 amide bonds. The first-order chi connectivity index (χ1) is 12.3. The highest BCUT2D eigenvalue weighted by Gasteiger charge is 2.22. The van der Waals surface area contributed by atoms with Gasteiger partial charge in [-0.3, -0.25) is 9.59 Å². The predicted octanol–water partition coefficient (Wildman–Crippen LogP) is 1.77. The topological polar surface area (TPSA) is 83.2 Å². The van der Waals surface area contributed by atoms with E-state index in [2.05, 4.69) is 0 Å². The molecule has 1 aromatic heterocycles. The van der Waals surface area contributed by atoms with Gasteiger partial charge in [0, 0.05) is 44.4 Å². The van der Waals surface area contributed by atoms with Gasteiger partial charge in [0.25, 0.3) is 5.91 Å². The molecule has 2 atom stereocenters. The van der Waals surface area contributed by atoms with Crippen LogP contribution in [0.2, 0.25) is 0 Å². The highest BCUT2D eigenvalue weighted by atomic mass is 16.5. The summed E-state index contributed by atoms with van der Waals surface area (Å²) in [7, 11) is 3.28. The number of hydrogen-bond donors (Lipinski definition) is 1. The molecular formula is C19H24N2O5. The number of nitrogens with zero attached hydrogens (tertiary/aromatic N) is 2. The first kappa shape index (κ1) is 18.4. The standard InChI is InChI=1S/C19H24N2O5/c1-11-10-21(5-6-25-11)17-9-16(23)15-8-13(19(24)20(3)4)7-14(12(2)22)18(15)26-17/h7-9,11-12,22H,5-6,10H2,1-4H3. The molecule has 3 rings (SSSR count). The second-order valence-electron chi connectivity index (χ2n) is 6.89. The van der Waals surface area contributed by atoms with Gasteiger partial charge in [0.2, 0.25) is 0 Å². The Labute approximate surface area is 151 Å². The Hall–Kier alpha value is -2.38. The lowest BCUT2D eigenvalue weighted by molar-refractivity contribution is 0.0517. The molecule has 26 heavy (non-hydrogen) atoms. The second-order valence-corrected chi connectivity index (χ2v) is 6.89. The van der Waals surface area contributed by atoms with E-state index in [1.54, 1.807) is 27.1 Å². The van der Waals surface area contributed by atoms with Crippen molar-refractivity contribution in [2.45, 2.75) is 26.1 Å². The molecule has 0 radical (unpaired) electrons. The lowest BCUT2D eigenvalue weighted by atomic mass is 10.0. The van der Waals surface area contributed by atoms with Crippen LogP contribution in [-0.2, 0) is 4.74 Å². The predicted molar refractivity (Wildman–Crippen MR) is 98.8 cm³/mol. The molecule has 1 aliphatic heterocycles. The number of anilines is 1. The molecule has 0 aliphatic carbocycles. The number of rotatable bonds is 3. The van der Waals surface area contributed by atoms with Crippen LogP contribution in [0.1, 0.15) is 35.9 Å². The SMILES string of the molecule is CC1CN(c2cc(=O)c3cc(C(=O)N(C)C)cc(C(C)O)c3o2)CCO1. The average molecular weight is 360 g/mol. The van der Waals surface area contributed by atoms with E-state index in [0.29, 0.717) is 47.7 Å². The molecule has 0 saturated carbocycles. The third kappa shape index (κ3) is 3.45. The number of carbonyl (C=O) groups is 1. The smallest absolute Gasteiger partial charge is 0.253 e. The first-order valence-corrected chi connectivity index (χ1v) is 8.66. The summed E-state index contributed by atoms with van der Waals surface area (Å²) in [5.74, 6) is 0.213. The van der Waals surface area contributed by atoms with E-state index < -0.39 is 6.10 Å². The molecule has 1 fully saturated rings. The van der Waals surface area contributed by atoms with Gasteiger partial charge < -0.3 is 24.1 Å². The Morgan fingerprint density at radius 1 is 1.35 bits per heavy atom. The molecule has 1 aromatic carbocycles. The molecule has 1 aliphatic rings. The number of hydrogen-bond acceptors (Lipinski definition) is 6. The zero-order valence-electron chi connectivity index (χ0n) is 15.5. The maximum absolute atomic E-state index is 12.7. The molecule has 0 bridgehead atoms. The molecule has 0 spiro atoms. The molecule has 2 unspecified atom stereocenters. The first-order valence-electron chi connectivity index (χ1n) is 8.66. The van der Waals surface area contributed by atoms with Crippen LogP contribution in [0.3, 0.4) is 0 Å². The highest BCUT2D eigenvalue weighted by Crippen LogP contribution is 2.29. The maximum atomic E-state index is 12.7. The van der Waals surface area contributed by atoms with Crippen molar-refractivity contribution in [3.8, 4) is 0 Å². The van der Waals surface area contributed by atoms with Crippen LogP contribution in [-0.4, -0.2) is 55.8 Å². The summed E-state index contributed by atoms with van der Waals surface area (Å²) in [6.45, 7) is 5.35. The van der Waals surface area contributed by atoms with Gasteiger partial charge in [-0.05, 0) is 26.0 Å². The number of ether oxygens (including phenoxy) is 1. The van der Waals surface area contributed by atoms with E-state index in [-0.39, 0.29) is 17.4 Å². The molecule has 2 aromatic rings. The van der Waals surface area contributed by atoms with Crippen molar-refractivity contribution in [1.29, 1.82) is 0 Å². The van der Waals surface area contributed by atoms with Gasteiger partial charge in [-0.25, -0.2) is 0 Å². The minimum absolute atomic E-state index is 0.0427. The van der Waals surface area contributed by atoms with E-state index in [1.165, 1.54) is 17.0 Å². The van der Waals surface area contributed by atoms with Crippen LogP contribution < -0.4 is 10.3 Å². The Kier molecular flexibility index (Phi) is 5.02. The zero-order valence-corrected chi connectivity index (χ0v) is 15.5. The maximum Gasteiger partial charge on any atom is 0.253 e. The Bertz CT molecular complexity index is 887. The Balaban J connectivity index is 2.17. The van der Waals surface area contributed by atoms with E-state index in [9.17, 15) is 14.7 Å². The lowest BCUT2D eigenvalue weighted by Crippen LogP contribution is -2.41. The summed E-state index contributed by atoms with van der Waals surface area (Å²) >= 11 is 0. The number of amides is 1. The normalized spacial score (nSPS) is 18.8. The second kappa shape index (κ2) is 7.09. The fraction of sp³-hybridized carbons (Fsp3) is 0.474. The van der Waals surface area contributed by atoms with E-state index in [0.717, 1.165) is 0 Å². The van der Waals surface area contributed by atoms with Crippen molar-refractivity contribution in [3.63, 3.8) is 0 Å². The monoisotopic (exact) mass is 360 g/mol. The van der Waals surface area contributed by atoms with Crippen molar-refractivity contribution in [1.82, 2.24) is 4.90 Å². The number of aliphatic hydroxyl groups is 1. The van der Waals surface area contributed by atoms with Gasteiger partial charge in [-0.1, -0.05) is 0 Å². The van der Waals surface area contributed by atoms with E-state index in [4.69, 9.17) is 9.15 Å². The van der Waals surface area contributed by atoms with Crippen LogP contribution in [0.25, 0.3) is 11.0 Å². The number of aliphatic hydroxyl groups excluding tert-OH is 1. The van der Waals surface area contributed by atoms with Gasteiger partial charge in [0.05, 0.1) is 24.2 Å². The molecule has 1 N–H and O–H groups in total. The summed E-state index contributed by atoms with van der Waals surface area (Å²) in [6, 6.07) is 4.56. The molecule has 1 saturated heterocycles. The van der Waals surface area contributed by atoms with Gasteiger partial charge in [-0.2, -0.15) is 0 Å². The minimum Gasteiger partial charge on any atom is -0.440 e. The van der Waals surface area contributed by atoms with Crippen molar-refractivity contribution >= 4 is 22.8 Å². The number of carbonyl (C=O) groups excluding carboxylic acids is 1. The van der Waals surface area contributed by atoms with Crippen molar-refractivity contribution in [3.05, 3.63) is 39.5 Å². The Morgan fingerprint density at radius 3 is 2.69 bits per heavy atom. The van der Waals surface area contributed by atoms with Crippen molar-refractivity contribution in [2.75, 3.05) is 38.7 Å². The fourth-order valence-corrected chi connectivity index (χ4v) is 3.14. The third-order valence-electron chi connectivity index (χ3n) is 4.50. The third-order valence-corrected chi connectivity index (χ3v) is 4.50. The quantitative estimate of drug-likeness (QED) is 0.898. The van der Waals surface area contributed by atoms with Gasteiger partial charge in [0.15, 0.2) is 11.3 Å². The van der Waals surface area contributed by atoms with Crippen LogP contribution in [0.15, 0.2) is 27.4 Å². The van der Waals surface area contributed by atoms with Gasteiger partial charge >= 0.3 is 0 Å². The summed E-state index contributed by atoms with van der Waals surface area (Å²) in [5.41, 5.74) is 0.846. The largest absolute Gasteiger partial charge is 0.440 e. The Morgan fingerprint density at radius 2 is 2.08 bits per heavy atom. The van der Waals surface area contributed by atoms with Crippen molar-refractivity contribution < 1.29 is 19.1 Å².